The second kappa shape index (κ2) is 5.09. The largest absolute Gasteiger partial charge is 0.386 e. The first kappa shape index (κ1) is 11.8. The highest BCUT2D eigenvalue weighted by Gasteiger charge is 2.23. The van der Waals surface area contributed by atoms with Crippen LogP contribution in [0.5, 0.6) is 0 Å². The molecule has 0 amide bonds. The fourth-order valence-electron chi connectivity index (χ4n) is 2.10. The molecule has 2 N–H and O–H groups in total. The average molecular weight is 236 g/mol. The van der Waals surface area contributed by atoms with Crippen molar-refractivity contribution in [2.75, 3.05) is 11.9 Å². The van der Waals surface area contributed by atoms with Gasteiger partial charge in [-0.15, -0.1) is 0 Å². The van der Waals surface area contributed by atoms with Gasteiger partial charge in [0, 0.05) is 12.1 Å². The highest BCUT2D eigenvalue weighted by molar-refractivity contribution is 5.57. The van der Waals surface area contributed by atoms with Crippen LogP contribution < -0.4 is 10.6 Å². The molecule has 17 heavy (non-hydrogen) atoms. The lowest BCUT2D eigenvalue weighted by Gasteiger charge is -2.31. The Balaban J connectivity index is 2.14. The summed E-state index contributed by atoms with van der Waals surface area (Å²) in [7, 11) is 0. The lowest BCUT2D eigenvalue weighted by atomic mass is 10.00. The Labute approximate surface area is 99.6 Å². The predicted octanol–water partition coefficient (Wildman–Crippen LogP) is 1.54. The molecule has 0 bridgehead atoms. The van der Waals surface area contributed by atoms with Gasteiger partial charge < -0.3 is 20.7 Å². The molecule has 0 aromatic carbocycles. The minimum absolute atomic E-state index is 0.106. The standard InChI is InChI=1S/C11H16N4O2/c1-8-9(4-2-6-12-8)14-10-5-3-7-13-11(10)15(16)17/h3,5,7-9,12,14H,2,4,6H2,1H3. The Bertz CT molecular complexity index is 410. The molecule has 1 aromatic rings. The van der Waals surface area contributed by atoms with E-state index in [9.17, 15) is 10.1 Å². The van der Waals surface area contributed by atoms with Crippen molar-refractivity contribution >= 4 is 11.5 Å². The molecule has 92 valence electrons. The number of nitrogens with zero attached hydrogens (tertiary/aromatic N) is 2. The van der Waals surface area contributed by atoms with Crippen LogP contribution in [-0.2, 0) is 0 Å². The summed E-state index contributed by atoms with van der Waals surface area (Å²) in [4.78, 5) is 14.2. The molecule has 1 aromatic heterocycles. The van der Waals surface area contributed by atoms with Gasteiger partial charge in [-0.25, -0.2) is 0 Å². The van der Waals surface area contributed by atoms with Crippen molar-refractivity contribution in [3.05, 3.63) is 28.4 Å². The van der Waals surface area contributed by atoms with Gasteiger partial charge in [0.1, 0.15) is 11.9 Å². The molecule has 2 rings (SSSR count). The predicted molar refractivity (Wildman–Crippen MR) is 65.0 cm³/mol. The third-order valence-corrected chi connectivity index (χ3v) is 3.06. The molecule has 2 heterocycles. The number of rotatable bonds is 3. The van der Waals surface area contributed by atoms with Gasteiger partial charge in [0.25, 0.3) is 0 Å². The summed E-state index contributed by atoms with van der Waals surface area (Å²) < 4.78 is 0. The maximum Gasteiger partial charge on any atom is 0.386 e. The van der Waals surface area contributed by atoms with Gasteiger partial charge in [0.2, 0.25) is 0 Å². The average Bonchev–Trinajstić information content (AvgIpc) is 2.32. The quantitative estimate of drug-likeness (QED) is 0.614. The van der Waals surface area contributed by atoms with Gasteiger partial charge in [-0.05, 0) is 48.4 Å². The first-order valence-electron chi connectivity index (χ1n) is 5.78. The minimum Gasteiger partial charge on any atom is -0.374 e. The highest BCUT2D eigenvalue weighted by Crippen LogP contribution is 2.23. The lowest BCUT2D eigenvalue weighted by molar-refractivity contribution is -0.388. The zero-order valence-electron chi connectivity index (χ0n) is 9.72. The Morgan fingerprint density at radius 2 is 2.47 bits per heavy atom. The van der Waals surface area contributed by atoms with Crippen LogP contribution in [0.1, 0.15) is 19.8 Å². The van der Waals surface area contributed by atoms with E-state index >= 15 is 0 Å². The first-order chi connectivity index (χ1) is 8.18. The van der Waals surface area contributed by atoms with Crippen molar-refractivity contribution in [1.82, 2.24) is 10.3 Å². The molecule has 1 saturated heterocycles. The number of nitro groups is 1. The Morgan fingerprint density at radius 1 is 1.65 bits per heavy atom. The number of piperidine rings is 1. The molecule has 1 fully saturated rings. The fraction of sp³-hybridized carbons (Fsp3) is 0.545. The molecule has 0 spiro atoms. The highest BCUT2D eigenvalue weighted by atomic mass is 16.6. The summed E-state index contributed by atoms with van der Waals surface area (Å²) >= 11 is 0. The van der Waals surface area contributed by atoms with Crippen LogP contribution in [0.25, 0.3) is 0 Å². The van der Waals surface area contributed by atoms with Gasteiger partial charge in [-0.1, -0.05) is 0 Å². The van der Waals surface area contributed by atoms with Gasteiger partial charge >= 0.3 is 5.82 Å². The zero-order chi connectivity index (χ0) is 12.3. The SMILES string of the molecule is CC1NCCCC1Nc1cccnc1[N+](=O)[O-]. The van der Waals surface area contributed by atoms with Crippen molar-refractivity contribution in [3.8, 4) is 0 Å². The van der Waals surface area contributed by atoms with Crippen molar-refractivity contribution in [3.63, 3.8) is 0 Å². The van der Waals surface area contributed by atoms with Gasteiger partial charge in [0.05, 0.1) is 0 Å². The maximum absolute atomic E-state index is 10.8. The van der Waals surface area contributed by atoms with Gasteiger partial charge in [-0.3, -0.25) is 0 Å². The molecular weight excluding hydrogens is 220 g/mol. The van der Waals surface area contributed by atoms with Crippen molar-refractivity contribution in [2.45, 2.75) is 31.8 Å². The van der Waals surface area contributed by atoms with Crippen molar-refractivity contribution in [1.29, 1.82) is 0 Å². The second-order valence-electron chi connectivity index (χ2n) is 4.27. The molecule has 0 saturated carbocycles. The summed E-state index contributed by atoms with van der Waals surface area (Å²) in [6.07, 6.45) is 3.53. The Hall–Kier alpha value is -1.69. The maximum atomic E-state index is 10.8. The zero-order valence-corrected chi connectivity index (χ0v) is 9.72. The monoisotopic (exact) mass is 236 g/mol. The van der Waals surface area contributed by atoms with E-state index in [1.807, 2.05) is 0 Å². The van der Waals surface area contributed by atoms with E-state index in [-0.39, 0.29) is 11.9 Å². The third kappa shape index (κ3) is 2.71. The summed E-state index contributed by atoms with van der Waals surface area (Å²) in [6.45, 7) is 3.09. The second-order valence-corrected chi connectivity index (χ2v) is 4.27. The van der Waals surface area contributed by atoms with Crippen LogP contribution in [-0.4, -0.2) is 28.5 Å². The first-order valence-corrected chi connectivity index (χ1v) is 5.78. The summed E-state index contributed by atoms with van der Waals surface area (Å²) in [5.74, 6) is -0.106. The van der Waals surface area contributed by atoms with Crippen LogP contribution in [0.2, 0.25) is 0 Å². The number of nitrogens with one attached hydrogen (secondary N) is 2. The van der Waals surface area contributed by atoms with Gasteiger partial charge in [-0.2, -0.15) is 0 Å². The molecule has 1 aliphatic heterocycles. The molecule has 6 heteroatoms. The van der Waals surface area contributed by atoms with Gasteiger partial charge in [0.15, 0.2) is 0 Å². The number of pyridine rings is 1. The van der Waals surface area contributed by atoms with E-state index < -0.39 is 4.92 Å². The summed E-state index contributed by atoms with van der Waals surface area (Å²) in [5.41, 5.74) is 0.498. The summed E-state index contributed by atoms with van der Waals surface area (Å²) in [6, 6.07) is 3.93. The van der Waals surface area contributed by atoms with E-state index in [2.05, 4.69) is 22.5 Å². The van der Waals surface area contributed by atoms with Crippen LogP contribution in [0.15, 0.2) is 18.3 Å². The molecule has 6 nitrogen and oxygen atoms in total. The number of aromatic nitrogens is 1. The van der Waals surface area contributed by atoms with Crippen molar-refractivity contribution < 1.29 is 4.92 Å². The molecular formula is C11H16N4O2. The van der Waals surface area contributed by atoms with E-state index in [0.29, 0.717) is 11.7 Å². The van der Waals surface area contributed by atoms with Crippen LogP contribution in [0.4, 0.5) is 11.5 Å². The van der Waals surface area contributed by atoms with Crippen LogP contribution in [0, 0.1) is 10.1 Å². The molecule has 2 atom stereocenters. The smallest absolute Gasteiger partial charge is 0.374 e. The van der Waals surface area contributed by atoms with E-state index in [0.717, 1.165) is 19.4 Å². The molecule has 0 radical (unpaired) electrons. The number of anilines is 1. The fourth-order valence-corrected chi connectivity index (χ4v) is 2.10. The van der Waals surface area contributed by atoms with Crippen molar-refractivity contribution in [2.24, 2.45) is 0 Å². The third-order valence-electron chi connectivity index (χ3n) is 3.06. The summed E-state index contributed by atoms with van der Waals surface area (Å²) in [5, 5.41) is 17.4. The molecule has 2 unspecified atom stereocenters. The minimum atomic E-state index is -0.455. The molecule has 1 aliphatic rings. The topological polar surface area (TPSA) is 80.1 Å². The Kier molecular flexibility index (Phi) is 3.53. The van der Waals surface area contributed by atoms with E-state index in [1.54, 1.807) is 12.1 Å². The van der Waals surface area contributed by atoms with E-state index in [1.165, 1.54) is 6.20 Å². The van der Waals surface area contributed by atoms with Crippen LogP contribution in [0.3, 0.4) is 0 Å². The number of hydrogen-bond acceptors (Lipinski definition) is 5. The normalized spacial score (nSPS) is 24.3. The van der Waals surface area contributed by atoms with E-state index in [4.69, 9.17) is 0 Å². The van der Waals surface area contributed by atoms with Crippen LogP contribution >= 0.6 is 0 Å². The lowest BCUT2D eigenvalue weighted by Crippen LogP contribution is -2.46. The molecule has 0 aliphatic carbocycles. The number of hydrogen-bond donors (Lipinski definition) is 2. The Morgan fingerprint density at radius 3 is 3.18 bits per heavy atom.